The fourth-order valence-corrected chi connectivity index (χ4v) is 2.69. The number of hydrogen-bond acceptors (Lipinski definition) is 3. The Labute approximate surface area is 97.5 Å². The molecule has 0 saturated carbocycles. The SMILES string of the molecule is Cc1ccc(C(=O)N2CCC(C(=O)O)C2)s1. The lowest BCUT2D eigenvalue weighted by Gasteiger charge is -2.14. The average Bonchev–Trinajstić information content (AvgIpc) is 2.84. The summed E-state index contributed by atoms with van der Waals surface area (Å²) in [6, 6.07) is 3.71. The van der Waals surface area contributed by atoms with E-state index in [0.717, 1.165) is 4.88 Å². The second-order valence-corrected chi connectivity index (χ2v) is 5.27. The van der Waals surface area contributed by atoms with Crippen molar-refractivity contribution in [1.82, 2.24) is 4.90 Å². The summed E-state index contributed by atoms with van der Waals surface area (Å²) in [5, 5.41) is 8.85. The van der Waals surface area contributed by atoms with E-state index in [1.165, 1.54) is 11.3 Å². The third-order valence-electron chi connectivity index (χ3n) is 2.78. The van der Waals surface area contributed by atoms with Crippen molar-refractivity contribution in [2.45, 2.75) is 13.3 Å². The molecule has 0 aromatic carbocycles. The molecule has 0 spiro atoms. The van der Waals surface area contributed by atoms with Crippen LogP contribution >= 0.6 is 11.3 Å². The number of likely N-dealkylation sites (tertiary alicyclic amines) is 1. The lowest BCUT2D eigenvalue weighted by Crippen LogP contribution is -2.29. The maximum Gasteiger partial charge on any atom is 0.308 e. The first-order valence-electron chi connectivity index (χ1n) is 5.16. The van der Waals surface area contributed by atoms with Crippen molar-refractivity contribution in [3.05, 3.63) is 21.9 Å². The van der Waals surface area contributed by atoms with E-state index in [2.05, 4.69) is 0 Å². The van der Waals surface area contributed by atoms with Crippen LogP contribution in [0.15, 0.2) is 12.1 Å². The van der Waals surface area contributed by atoms with Crippen molar-refractivity contribution in [1.29, 1.82) is 0 Å². The van der Waals surface area contributed by atoms with E-state index < -0.39 is 11.9 Å². The number of nitrogens with zero attached hydrogens (tertiary/aromatic N) is 1. The molecule has 86 valence electrons. The molecule has 1 aromatic heterocycles. The lowest BCUT2D eigenvalue weighted by atomic mass is 10.1. The van der Waals surface area contributed by atoms with E-state index in [1.807, 2.05) is 13.0 Å². The van der Waals surface area contributed by atoms with Gasteiger partial charge in [0.05, 0.1) is 10.8 Å². The van der Waals surface area contributed by atoms with Crippen LogP contribution in [-0.2, 0) is 4.79 Å². The third-order valence-corrected chi connectivity index (χ3v) is 3.76. The van der Waals surface area contributed by atoms with Crippen molar-refractivity contribution in [2.24, 2.45) is 5.92 Å². The predicted octanol–water partition coefficient (Wildman–Crippen LogP) is 1.60. The molecule has 2 heterocycles. The Bertz CT molecular complexity index is 427. The van der Waals surface area contributed by atoms with Gasteiger partial charge >= 0.3 is 5.97 Å². The Morgan fingerprint density at radius 1 is 1.50 bits per heavy atom. The summed E-state index contributed by atoms with van der Waals surface area (Å²) in [5.41, 5.74) is 0. The Kier molecular flexibility index (Phi) is 2.96. The van der Waals surface area contributed by atoms with Gasteiger partial charge in [-0.05, 0) is 25.5 Å². The van der Waals surface area contributed by atoms with Crippen molar-refractivity contribution >= 4 is 23.2 Å². The minimum atomic E-state index is -0.808. The highest BCUT2D eigenvalue weighted by Gasteiger charge is 2.31. The van der Waals surface area contributed by atoms with Gasteiger partial charge in [-0.2, -0.15) is 0 Å². The Morgan fingerprint density at radius 3 is 2.75 bits per heavy atom. The highest BCUT2D eigenvalue weighted by atomic mass is 32.1. The maximum atomic E-state index is 12.0. The number of amides is 1. The van der Waals surface area contributed by atoms with Crippen LogP contribution in [0.25, 0.3) is 0 Å². The van der Waals surface area contributed by atoms with Crippen LogP contribution in [0.1, 0.15) is 21.0 Å². The van der Waals surface area contributed by atoms with Gasteiger partial charge < -0.3 is 10.0 Å². The summed E-state index contributed by atoms with van der Waals surface area (Å²) in [7, 11) is 0. The molecule has 0 bridgehead atoms. The van der Waals surface area contributed by atoms with E-state index >= 15 is 0 Å². The zero-order chi connectivity index (χ0) is 11.7. The van der Waals surface area contributed by atoms with Crippen LogP contribution < -0.4 is 0 Å². The third kappa shape index (κ3) is 2.09. The molecule has 16 heavy (non-hydrogen) atoms. The molecular weight excluding hydrogens is 226 g/mol. The molecule has 5 heteroatoms. The largest absolute Gasteiger partial charge is 0.481 e. The molecule has 1 fully saturated rings. The standard InChI is InChI=1S/C11H13NO3S/c1-7-2-3-9(16-7)10(13)12-5-4-8(6-12)11(14)15/h2-3,8H,4-6H2,1H3,(H,14,15). The van der Waals surface area contributed by atoms with Crippen molar-refractivity contribution in [3.8, 4) is 0 Å². The summed E-state index contributed by atoms with van der Waals surface area (Å²) in [6.45, 7) is 2.84. The zero-order valence-corrected chi connectivity index (χ0v) is 9.79. The molecule has 1 aliphatic heterocycles. The van der Waals surface area contributed by atoms with Crippen molar-refractivity contribution in [3.63, 3.8) is 0 Å². The Morgan fingerprint density at radius 2 is 2.25 bits per heavy atom. The number of carboxylic acid groups (broad SMARTS) is 1. The summed E-state index contributed by atoms with van der Waals surface area (Å²) >= 11 is 1.45. The average molecular weight is 239 g/mol. The van der Waals surface area contributed by atoms with Gasteiger partial charge in [-0.1, -0.05) is 0 Å². The first-order valence-corrected chi connectivity index (χ1v) is 5.98. The Balaban J connectivity index is 2.05. The van der Waals surface area contributed by atoms with Gasteiger partial charge in [0.1, 0.15) is 0 Å². The molecule has 1 atom stereocenters. The first kappa shape index (κ1) is 11.1. The van der Waals surface area contributed by atoms with Gasteiger partial charge in [0, 0.05) is 18.0 Å². The Hall–Kier alpha value is -1.36. The second-order valence-electron chi connectivity index (χ2n) is 3.99. The number of aliphatic carboxylic acids is 1. The second kappa shape index (κ2) is 4.25. The van der Waals surface area contributed by atoms with Gasteiger partial charge in [0.2, 0.25) is 0 Å². The summed E-state index contributed by atoms with van der Waals surface area (Å²) < 4.78 is 0. The van der Waals surface area contributed by atoms with E-state index in [1.54, 1.807) is 11.0 Å². The molecule has 0 aliphatic carbocycles. The number of thiophene rings is 1. The molecule has 1 aliphatic rings. The lowest BCUT2D eigenvalue weighted by molar-refractivity contribution is -0.141. The van der Waals surface area contributed by atoms with E-state index in [9.17, 15) is 9.59 Å². The summed E-state index contributed by atoms with van der Waals surface area (Å²) in [5.74, 6) is -1.25. The minimum absolute atomic E-state index is 0.0400. The predicted molar refractivity (Wildman–Crippen MR) is 60.7 cm³/mol. The van der Waals surface area contributed by atoms with Gasteiger partial charge in [0.15, 0.2) is 0 Å². The number of hydrogen-bond donors (Lipinski definition) is 1. The van der Waals surface area contributed by atoms with Gasteiger partial charge in [-0.15, -0.1) is 11.3 Å². The monoisotopic (exact) mass is 239 g/mol. The van der Waals surface area contributed by atoms with E-state index in [4.69, 9.17) is 5.11 Å². The first-order chi connectivity index (χ1) is 7.58. The smallest absolute Gasteiger partial charge is 0.308 e. The molecular formula is C11H13NO3S. The number of rotatable bonds is 2. The van der Waals surface area contributed by atoms with Gasteiger partial charge in [-0.25, -0.2) is 0 Å². The topological polar surface area (TPSA) is 57.6 Å². The van der Waals surface area contributed by atoms with Crippen molar-refractivity contribution < 1.29 is 14.7 Å². The minimum Gasteiger partial charge on any atom is -0.481 e. The van der Waals surface area contributed by atoms with Crippen LogP contribution in [0.2, 0.25) is 0 Å². The van der Waals surface area contributed by atoms with Gasteiger partial charge in [-0.3, -0.25) is 9.59 Å². The fraction of sp³-hybridized carbons (Fsp3) is 0.455. The van der Waals surface area contributed by atoms with Crippen LogP contribution in [-0.4, -0.2) is 35.0 Å². The number of carboxylic acids is 1. The normalized spacial score (nSPS) is 20.1. The maximum absolute atomic E-state index is 12.0. The molecule has 1 saturated heterocycles. The van der Waals surface area contributed by atoms with E-state index in [-0.39, 0.29) is 5.91 Å². The number of carbonyl (C=O) groups excluding carboxylic acids is 1. The molecule has 1 N–H and O–H groups in total. The molecule has 1 amide bonds. The van der Waals surface area contributed by atoms with Crippen LogP contribution in [0.4, 0.5) is 0 Å². The summed E-state index contributed by atoms with van der Waals surface area (Å²) in [4.78, 5) is 26.2. The highest BCUT2D eigenvalue weighted by Crippen LogP contribution is 2.22. The van der Waals surface area contributed by atoms with Crippen molar-refractivity contribution in [2.75, 3.05) is 13.1 Å². The van der Waals surface area contributed by atoms with Gasteiger partial charge in [0.25, 0.3) is 5.91 Å². The molecule has 0 radical (unpaired) electrons. The van der Waals surface area contributed by atoms with E-state index in [0.29, 0.717) is 24.4 Å². The number of aryl methyl sites for hydroxylation is 1. The molecule has 4 nitrogen and oxygen atoms in total. The molecule has 1 aromatic rings. The quantitative estimate of drug-likeness (QED) is 0.853. The van der Waals surface area contributed by atoms with Crippen LogP contribution in [0, 0.1) is 12.8 Å². The zero-order valence-electron chi connectivity index (χ0n) is 8.97. The number of carbonyl (C=O) groups is 2. The van der Waals surface area contributed by atoms with Crippen LogP contribution in [0.5, 0.6) is 0 Å². The molecule has 2 rings (SSSR count). The molecule has 1 unspecified atom stereocenters. The summed E-state index contributed by atoms with van der Waals surface area (Å²) in [6.07, 6.45) is 0.561. The highest BCUT2D eigenvalue weighted by molar-refractivity contribution is 7.13. The van der Waals surface area contributed by atoms with Crippen LogP contribution in [0.3, 0.4) is 0 Å². The fourth-order valence-electron chi connectivity index (χ4n) is 1.85.